The van der Waals surface area contributed by atoms with Crippen molar-refractivity contribution in [3.05, 3.63) is 35.9 Å². The summed E-state index contributed by atoms with van der Waals surface area (Å²) in [5, 5.41) is 2.93. The molecule has 1 aromatic carbocycles. The number of benzene rings is 1. The Hall–Kier alpha value is -0.820. The molecule has 0 unspecified atom stereocenters. The van der Waals surface area contributed by atoms with Gasteiger partial charge in [0.05, 0.1) is 0 Å². The summed E-state index contributed by atoms with van der Waals surface area (Å²) in [4.78, 5) is 0. The normalized spacial score (nSPS) is 7.46. The SMILES string of the molecule is CC.CCNC.Cc1ccccc1. The van der Waals surface area contributed by atoms with E-state index in [-0.39, 0.29) is 0 Å². The van der Waals surface area contributed by atoms with Crippen LogP contribution in [0, 0.1) is 6.92 Å². The molecular weight excluding hydrogens is 158 g/mol. The van der Waals surface area contributed by atoms with Crippen LogP contribution in [-0.2, 0) is 0 Å². The zero-order valence-corrected chi connectivity index (χ0v) is 9.59. The van der Waals surface area contributed by atoms with E-state index in [9.17, 15) is 0 Å². The lowest BCUT2D eigenvalue weighted by atomic mass is 10.2. The molecule has 0 spiro atoms. The quantitative estimate of drug-likeness (QED) is 0.701. The predicted molar refractivity (Wildman–Crippen MR) is 62.1 cm³/mol. The van der Waals surface area contributed by atoms with Crippen LogP contribution in [0.2, 0.25) is 0 Å². The molecule has 0 aromatic heterocycles. The van der Waals surface area contributed by atoms with Gasteiger partial charge in [0, 0.05) is 0 Å². The van der Waals surface area contributed by atoms with Crippen molar-refractivity contribution in [1.29, 1.82) is 0 Å². The van der Waals surface area contributed by atoms with E-state index in [1.54, 1.807) is 0 Å². The molecule has 0 bridgehead atoms. The van der Waals surface area contributed by atoms with Gasteiger partial charge in [0.15, 0.2) is 0 Å². The molecule has 1 heteroatoms. The molecule has 0 aliphatic rings. The molecule has 0 radical (unpaired) electrons. The van der Waals surface area contributed by atoms with Gasteiger partial charge in [-0.2, -0.15) is 0 Å². The van der Waals surface area contributed by atoms with E-state index in [2.05, 4.69) is 31.3 Å². The Bertz CT molecular complexity index is 156. The lowest BCUT2D eigenvalue weighted by Crippen LogP contribution is -2.01. The van der Waals surface area contributed by atoms with Crippen molar-refractivity contribution in [2.75, 3.05) is 13.6 Å². The highest BCUT2D eigenvalue weighted by molar-refractivity contribution is 5.11. The zero-order chi connectivity index (χ0) is 10.5. The first-order valence-corrected chi connectivity index (χ1v) is 4.97. The lowest BCUT2D eigenvalue weighted by Gasteiger charge is -1.82. The summed E-state index contributed by atoms with van der Waals surface area (Å²) in [6.45, 7) is 9.22. The minimum atomic E-state index is 1.07. The molecule has 0 saturated heterocycles. The number of hydrogen-bond donors (Lipinski definition) is 1. The zero-order valence-electron chi connectivity index (χ0n) is 9.59. The minimum Gasteiger partial charge on any atom is -0.320 e. The fraction of sp³-hybridized carbons (Fsp3) is 0.500. The van der Waals surface area contributed by atoms with Gasteiger partial charge in [0.1, 0.15) is 0 Å². The van der Waals surface area contributed by atoms with Gasteiger partial charge in [-0.05, 0) is 20.5 Å². The van der Waals surface area contributed by atoms with Gasteiger partial charge in [0.25, 0.3) is 0 Å². The van der Waals surface area contributed by atoms with E-state index >= 15 is 0 Å². The number of rotatable bonds is 1. The fourth-order valence-corrected chi connectivity index (χ4v) is 0.534. The second-order valence-electron chi connectivity index (χ2n) is 2.36. The maximum Gasteiger partial charge on any atom is -0.00804 e. The Morgan fingerprint density at radius 2 is 1.46 bits per heavy atom. The van der Waals surface area contributed by atoms with Crippen molar-refractivity contribution >= 4 is 0 Å². The van der Waals surface area contributed by atoms with Crippen LogP contribution in [0.15, 0.2) is 30.3 Å². The second-order valence-corrected chi connectivity index (χ2v) is 2.36. The monoisotopic (exact) mass is 181 g/mol. The molecule has 1 aromatic rings. The molecule has 0 amide bonds. The highest BCUT2D eigenvalue weighted by Crippen LogP contribution is 1.92. The highest BCUT2D eigenvalue weighted by atomic mass is 14.8. The van der Waals surface area contributed by atoms with Crippen LogP contribution in [-0.4, -0.2) is 13.6 Å². The van der Waals surface area contributed by atoms with Crippen molar-refractivity contribution in [3.8, 4) is 0 Å². The largest absolute Gasteiger partial charge is 0.320 e. The Labute approximate surface area is 83.2 Å². The summed E-state index contributed by atoms with van der Waals surface area (Å²) in [5.74, 6) is 0. The van der Waals surface area contributed by atoms with Crippen LogP contribution in [0.4, 0.5) is 0 Å². The molecule has 1 rings (SSSR count). The summed E-state index contributed by atoms with van der Waals surface area (Å²) in [6.07, 6.45) is 0. The smallest absolute Gasteiger partial charge is 0.00804 e. The molecule has 0 atom stereocenters. The first kappa shape index (κ1) is 14.7. The maximum atomic E-state index is 2.93. The number of aryl methyl sites for hydroxylation is 1. The maximum absolute atomic E-state index is 2.93. The summed E-state index contributed by atoms with van der Waals surface area (Å²) in [5.41, 5.74) is 1.32. The summed E-state index contributed by atoms with van der Waals surface area (Å²) >= 11 is 0. The number of nitrogens with one attached hydrogen (secondary N) is 1. The van der Waals surface area contributed by atoms with Gasteiger partial charge in [-0.25, -0.2) is 0 Å². The van der Waals surface area contributed by atoms with Gasteiger partial charge in [0.2, 0.25) is 0 Å². The van der Waals surface area contributed by atoms with Crippen molar-refractivity contribution in [2.45, 2.75) is 27.7 Å². The molecule has 76 valence electrons. The van der Waals surface area contributed by atoms with Crippen LogP contribution in [0.25, 0.3) is 0 Å². The van der Waals surface area contributed by atoms with Crippen molar-refractivity contribution < 1.29 is 0 Å². The Kier molecular flexibility index (Phi) is 15.5. The van der Waals surface area contributed by atoms with Crippen molar-refractivity contribution in [2.24, 2.45) is 0 Å². The van der Waals surface area contributed by atoms with Gasteiger partial charge in [-0.15, -0.1) is 0 Å². The molecule has 1 nitrogen and oxygen atoms in total. The third-order valence-corrected chi connectivity index (χ3v) is 1.29. The summed E-state index contributed by atoms with van der Waals surface area (Å²) in [7, 11) is 1.93. The van der Waals surface area contributed by atoms with Gasteiger partial charge >= 0.3 is 0 Å². The Morgan fingerprint density at radius 3 is 1.62 bits per heavy atom. The third-order valence-electron chi connectivity index (χ3n) is 1.29. The summed E-state index contributed by atoms with van der Waals surface area (Å²) in [6, 6.07) is 10.3. The Morgan fingerprint density at radius 1 is 1.08 bits per heavy atom. The highest BCUT2D eigenvalue weighted by Gasteiger charge is 1.72. The average Bonchev–Trinajstić information content (AvgIpc) is 2.22. The van der Waals surface area contributed by atoms with Gasteiger partial charge < -0.3 is 5.32 Å². The van der Waals surface area contributed by atoms with E-state index in [1.807, 2.05) is 39.1 Å². The van der Waals surface area contributed by atoms with E-state index in [4.69, 9.17) is 0 Å². The molecule has 0 aliphatic heterocycles. The lowest BCUT2D eigenvalue weighted by molar-refractivity contribution is 0.864. The first-order chi connectivity index (χ1) is 6.31. The van der Waals surface area contributed by atoms with E-state index in [0.717, 1.165) is 6.54 Å². The first-order valence-electron chi connectivity index (χ1n) is 4.97. The molecule has 13 heavy (non-hydrogen) atoms. The van der Waals surface area contributed by atoms with E-state index in [0.29, 0.717) is 0 Å². The van der Waals surface area contributed by atoms with Crippen LogP contribution in [0.1, 0.15) is 26.3 Å². The second kappa shape index (κ2) is 13.7. The van der Waals surface area contributed by atoms with Crippen LogP contribution in [0.3, 0.4) is 0 Å². The van der Waals surface area contributed by atoms with Crippen LogP contribution >= 0.6 is 0 Å². The molecular formula is C12H23N. The average molecular weight is 181 g/mol. The third kappa shape index (κ3) is 14.1. The number of hydrogen-bond acceptors (Lipinski definition) is 1. The van der Waals surface area contributed by atoms with Crippen molar-refractivity contribution in [1.82, 2.24) is 5.32 Å². The van der Waals surface area contributed by atoms with Crippen molar-refractivity contribution in [3.63, 3.8) is 0 Å². The topological polar surface area (TPSA) is 12.0 Å². The van der Waals surface area contributed by atoms with Crippen LogP contribution in [0.5, 0.6) is 0 Å². The van der Waals surface area contributed by atoms with Gasteiger partial charge in [-0.1, -0.05) is 56.7 Å². The molecule has 0 aliphatic carbocycles. The predicted octanol–water partition coefficient (Wildman–Crippen LogP) is 3.25. The van der Waals surface area contributed by atoms with E-state index in [1.165, 1.54) is 5.56 Å². The van der Waals surface area contributed by atoms with E-state index < -0.39 is 0 Å². The minimum absolute atomic E-state index is 1.07. The fourth-order valence-electron chi connectivity index (χ4n) is 0.534. The van der Waals surface area contributed by atoms with Gasteiger partial charge in [-0.3, -0.25) is 0 Å². The standard InChI is InChI=1S/C7H8.C3H9N.C2H6/c1-7-5-3-2-4-6-7;1-3-4-2;1-2/h2-6H,1H3;4H,3H2,1-2H3;1-2H3. The Balaban J connectivity index is 0. The molecule has 0 saturated carbocycles. The molecule has 1 N–H and O–H groups in total. The molecule has 0 fully saturated rings. The van der Waals surface area contributed by atoms with Crippen LogP contribution < -0.4 is 5.32 Å². The summed E-state index contributed by atoms with van der Waals surface area (Å²) < 4.78 is 0. The molecule has 0 heterocycles.